The summed E-state index contributed by atoms with van der Waals surface area (Å²) >= 11 is 0. The second-order valence-corrected chi connectivity index (χ2v) is 1.90. The molecule has 46 valence electrons. The molecule has 0 aromatic carbocycles. The first-order valence-corrected chi connectivity index (χ1v) is 2.57. The molecule has 1 fully saturated rings. The van der Waals surface area contributed by atoms with E-state index in [9.17, 15) is 4.79 Å². The monoisotopic (exact) mass is 116 g/mol. The third-order valence-electron chi connectivity index (χ3n) is 1.23. The highest BCUT2D eigenvalue weighted by Crippen LogP contribution is 2.12. The smallest absolute Gasteiger partial charge is 0.427 e. The summed E-state index contributed by atoms with van der Waals surface area (Å²) in [5, 5.41) is 0. The SMILES string of the molecule is C[C@H]1OC(=O)O[C@@H]1C. The van der Waals surface area contributed by atoms with Gasteiger partial charge in [0.2, 0.25) is 0 Å². The summed E-state index contributed by atoms with van der Waals surface area (Å²) in [5.74, 6) is 0. The van der Waals surface area contributed by atoms with Crippen molar-refractivity contribution in [1.82, 2.24) is 0 Å². The van der Waals surface area contributed by atoms with E-state index in [1.807, 2.05) is 0 Å². The van der Waals surface area contributed by atoms with Crippen molar-refractivity contribution < 1.29 is 14.3 Å². The molecule has 1 aliphatic rings. The van der Waals surface area contributed by atoms with Gasteiger partial charge in [0.15, 0.2) is 0 Å². The molecule has 1 saturated heterocycles. The standard InChI is InChI=1S/C5H8O3/c1-3-4(2)8-5(6)7-3/h3-4H,1-2H3/t3-,4-/m1/s1. The predicted octanol–water partition coefficient (Wildman–Crippen LogP) is 0.930. The van der Waals surface area contributed by atoms with Gasteiger partial charge in [0.25, 0.3) is 0 Å². The van der Waals surface area contributed by atoms with E-state index in [4.69, 9.17) is 0 Å². The van der Waals surface area contributed by atoms with Gasteiger partial charge in [0, 0.05) is 0 Å². The maximum Gasteiger partial charge on any atom is 0.509 e. The summed E-state index contributed by atoms with van der Waals surface area (Å²) in [6.07, 6.45) is -0.713. The molecule has 0 aromatic rings. The van der Waals surface area contributed by atoms with Crippen LogP contribution in [0.1, 0.15) is 13.8 Å². The second kappa shape index (κ2) is 1.65. The van der Waals surface area contributed by atoms with E-state index in [-0.39, 0.29) is 12.2 Å². The Hall–Kier alpha value is -0.730. The third kappa shape index (κ3) is 0.757. The molecule has 8 heavy (non-hydrogen) atoms. The van der Waals surface area contributed by atoms with Gasteiger partial charge in [-0.2, -0.15) is 0 Å². The number of rotatable bonds is 0. The van der Waals surface area contributed by atoms with E-state index in [1.54, 1.807) is 13.8 Å². The van der Waals surface area contributed by atoms with Crippen LogP contribution in [0.15, 0.2) is 0 Å². The van der Waals surface area contributed by atoms with Crippen LogP contribution in [0.3, 0.4) is 0 Å². The van der Waals surface area contributed by atoms with E-state index in [0.29, 0.717) is 0 Å². The van der Waals surface area contributed by atoms with Crippen LogP contribution in [0.2, 0.25) is 0 Å². The zero-order valence-corrected chi connectivity index (χ0v) is 4.88. The van der Waals surface area contributed by atoms with Crippen molar-refractivity contribution in [2.24, 2.45) is 0 Å². The molecular formula is C5H8O3. The molecule has 3 heteroatoms. The van der Waals surface area contributed by atoms with Gasteiger partial charge in [-0.15, -0.1) is 0 Å². The lowest BCUT2D eigenvalue weighted by atomic mass is 10.3. The number of hydrogen-bond donors (Lipinski definition) is 0. The van der Waals surface area contributed by atoms with Crippen molar-refractivity contribution >= 4 is 6.16 Å². The van der Waals surface area contributed by atoms with E-state index in [0.717, 1.165) is 0 Å². The zero-order chi connectivity index (χ0) is 6.15. The van der Waals surface area contributed by atoms with E-state index >= 15 is 0 Å². The predicted molar refractivity (Wildman–Crippen MR) is 26.5 cm³/mol. The Labute approximate surface area is 47.6 Å². The lowest BCUT2D eigenvalue weighted by Gasteiger charge is -2.00. The minimum atomic E-state index is -0.551. The average Bonchev–Trinajstić information content (AvgIpc) is 1.85. The number of ether oxygens (including phenoxy) is 2. The molecule has 0 amide bonds. The Morgan fingerprint density at radius 2 is 1.62 bits per heavy atom. The van der Waals surface area contributed by atoms with Crippen LogP contribution in [0.4, 0.5) is 4.79 Å². The van der Waals surface area contributed by atoms with Crippen LogP contribution in [0, 0.1) is 0 Å². The molecule has 0 N–H and O–H groups in total. The zero-order valence-electron chi connectivity index (χ0n) is 4.88. The fourth-order valence-corrected chi connectivity index (χ4v) is 0.523. The Balaban J connectivity index is 2.51. The Bertz CT molecular complexity index is 98.2. The van der Waals surface area contributed by atoms with Crippen LogP contribution >= 0.6 is 0 Å². The molecule has 2 atom stereocenters. The van der Waals surface area contributed by atoms with Crippen molar-refractivity contribution in [2.45, 2.75) is 26.1 Å². The molecule has 0 bridgehead atoms. The third-order valence-corrected chi connectivity index (χ3v) is 1.23. The maximum atomic E-state index is 10.2. The molecule has 0 aliphatic carbocycles. The second-order valence-electron chi connectivity index (χ2n) is 1.90. The normalized spacial score (nSPS) is 36.5. The largest absolute Gasteiger partial charge is 0.509 e. The first-order valence-electron chi connectivity index (χ1n) is 2.57. The maximum absolute atomic E-state index is 10.2. The lowest BCUT2D eigenvalue weighted by Crippen LogP contribution is -2.13. The number of cyclic esters (lactones) is 2. The lowest BCUT2D eigenvalue weighted by molar-refractivity contribution is 0.118. The minimum absolute atomic E-state index is 0.0810. The number of carbonyl (C=O) groups is 1. The molecule has 1 heterocycles. The van der Waals surface area contributed by atoms with Crippen molar-refractivity contribution in [2.75, 3.05) is 0 Å². The van der Waals surface area contributed by atoms with E-state index in [1.165, 1.54) is 0 Å². The van der Waals surface area contributed by atoms with E-state index in [2.05, 4.69) is 9.47 Å². The van der Waals surface area contributed by atoms with E-state index < -0.39 is 6.16 Å². The Kier molecular flexibility index (Phi) is 1.12. The summed E-state index contributed by atoms with van der Waals surface area (Å²) in [5.41, 5.74) is 0. The first kappa shape index (κ1) is 5.41. The summed E-state index contributed by atoms with van der Waals surface area (Å²) in [7, 11) is 0. The molecule has 1 rings (SSSR count). The summed E-state index contributed by atoms with van der Waals surface area (Å²) in [4.78, 5) is 10.2. The van der Waals surface area contributed by atoms with Crippen LogP contribution in [0.25, 0.3) is 0 Å². The number of hydrogen-bond acceptors (Lipinski definition) is 3. The summed E-state index contributed by atoms with van der Waals surface area (Å²) < 4.78 is 9.22. The topological polar surface area (TPSA) is 35.5 Å². The van der Waals surface area contributed by atoms with Gasteiger partial charge in [-0.05, 0) is 13.8 Å². The molecule has 0 saturated carbocycles. The van der Waals surface area contributed by atoms with Crippen molar-refractivity contribution in [1.29, 1.82) is 0 Å². The van der Waals surface area contributed by atoms with Gasteiger partial charge >= 0.3 is 6.16 Å². The van der Waals surface area contributed by atoms with Crippen LogP contribution in [0.5, 0.6) is 0 Å². The van der Waals surface area contributed by atoms with Crippen LogP contribution in [-0.4, -0.2) is 18.4 Å². The van der Waals surface area contributed by atoms with Crippen molar-refractivity contribution in [3.8, 4) is 0 Å². The Morgan fingerprint density at radius 1 is 1.25 bits per heavy atom. The fraction of sp³-hybridized carbons (Fsp3) is 0.800. The molecular weight excluding hydrogens is 108 g/mol. The van der Waals surface area contributed by atoms with Gasteiger partial charge in [0.1, 0.15) is 12.2 Å². The minimum Gasteiger partial charge on any atom is -0.427 e. The van der Waals surface area contributed by atoms with Gasteiger partial charge in [-0.1, -0.05) is 0 Å². The van der Waals surface area contributed by atoms with Gasteiger partial charge in [-0.3, -0.25) is 0 Å². The highest BCUT2D eigenvalue weighted by molar-refractivity contribution is 5.62. The van der Waals surface area contributed by atoms with Gasteiger partial charge in [0.05, 0.1) is 0 Å². The molecule has 0 unspecified atom stereocenters. The summed E-state index contributed by atoms with van der Waals surface area (Å²) in [6, 6.07) is 0. The first-order chi connectivity index (χ1) is 3.70. The fourth-order valence-electron chi connectivity index (χ4n) is 0.523. The average molecular weight is 116 g/mol. The van der Waals surface area contributed by atoms with Crippen LogP contribution < -0.4 is 0 Å². The molecule has 0 aromatic heterocycles. The molecule has 1 aliphatic heterocycles. The quantitative estimate of drug-likeness (QED) is 0.441. The van der Waals surface area contributed by atoms with Crippen molar-refractivity contribution in [3.05, 3.63) is 0 Å². The van der Waals surface area contributed by atoms with Crippen LogP contribution in [-0.2, 0) is 9.47 Å². The highest BCUT2D eigenvalue weighted by atomic mass is 16.8. The summed E-state index contributed by atoms with van der Waals surface area (Å²) in [6.45, 7) is 3.60. The molecule has 0 radical (unpaired) electrons. The number of carbonyl (C=O) groups excluding carboxylic acids is 1. The van der Waals surface area contributed by atoms with Gasteiger partial charge < -0.3 is 9.47 Å². The molecule has 3 nitrogen and oxygen atoms in total. The molecule has 0 spiro atoms. The highest BCUT2D eigenvalue weighted by Gasteiger charge is 2.28. The van der Waals surface area contributed by atoms with Gasteiger partial charge in [-0.25, -0.2) is 4.79 Å². The van der Waals surface area contributed by atoms with Crippen molar-refractivity contribution in [3.63, 3.8) is 0 Å². The Morgan fingerprint density at radius 3 is 1.75 bits per heavy atom.